The molecule has 1 aromatic rings. The minimum Gasteiger partial charge on any atom is -0.481 e. The molecule has 0 bridgehead atoms. The third-order valence-corrected chi connectivity index (χ3v) is 1.80. The molecule has 1 unspecified atom stereocenters. The van der Waals surface area contributed by atoms with Crippen molar-refractivity contribution in [2.24, 2.45) is 0 Å². The maximum atomic E-state index is 11.4. The van der Waals surface area contributed by atoms with Crippen molar-refractivity contribution in [2.75, 3.05) is 0 Å². The topological polar surface area (TPSA) is 108 Å². The number of carboxylic acid groups (broad SMARTS) is 1. The molecule has 7 heteroatoms. The van der Waals surface area contributed by atoms with Crippen molar-refractivity contribution < 1.29 is 14.7 Å². The summed E-state index contributed by atoms with van der Waals surface area (Å²) in [4.78, 5) is 25.3. The Morgan fingerprint density at radius 3 is 2.93 bits per heavy atom. The molecule has 1 aromatic heterocycles. The Morgan fingerprint density at radius 1 is 1.67 bits per heavy atom. The standard InChI is InChI=1S/C8H12N4O3/c1-5(2-3-6(13)14)11-8(15)7-9-4-10-12-7/h4-5H,2-3H2,1H3,(H,11,15)(H,13,14)(H,9,10,12). The lowest BCUT2D eigenvalue weighted by Crippen LogP contribution is -2.33. The summed E-state index contributed by atoms with van der Waals surface area (Å²) in [7, 11) is 0. The van der Waals surface area contributed by atoms with E-state index >= 15 is 0 Å². The van der Waals surface area contributed by atoms with E-state index in [9.17, 15) is 9.59 Å². The van der Waals surface area contributed by atoms with Crippen LogP contribution in [0, 0.1) is 0 Å². The molecule has 0 spiro atoms. The number of hydrogen-bond donors (Lipinski definition) is 3. The van der Waals surface area contributed by atoms with Crippen LogP contribution in [-0.2, 0) is 4.79 Å². The van der Waals surface area contributed by atoms with E-state index in [1.165, 1.54) is 6.33 Å². The number of aromatic amines is 1. The number of carboxylic acids is 1. The summed E-state index contributed by atoms with van der Waals surface area (Å²) in [6, 6.07) is -0.210. The summed E-state index contributed by atoms with van der Waals surface area (Å²) >= 11 is 0. The molecule has 1 amide bonds. The predicted octanol–water partition coefficient (Wildman–Crippen LogP) is -0.212. The van der Waals surface area contributed by atoms with Gasteiger partial charge in [0, 0.05) is 12.5 Å². The van der Waals surface area contributed by atoms with Crippen molar-refractivity contribution >= 4 is 11.9 Å². The first-order chi connectivity index (χ1) is 7.09. The molecule has 82 valence electrons. The van der Waals surface area contributed by atoms with Gasteiger partial charge in [-0.1, -0.05) is 0 Å². The molecule has 1 heterocycles. The molecule has 0 saturated carbocycles. The average Bonchev–Trinajstić information content (AvgIpc) is 2.67. The molecule has 0 aromatic carbocycles. The van der Waals surface area contributed by atoms with Crippen LogP contribution in [-0.4, -0.2) is 38.2 Å². The van der Waals surface area contributed by atoms with E-state index in [2.05, 4.69) is 20.5 Å². The van der Waals surface area contributed by atoms with E-state index in [0.717, 1.165) is 0 Å². The third-order valence-electron chi connectivity index (χ3n) is 1.80. The van der Waals surface area contributed by atoms with E-state index in [4.69, 9.17) is 5.11 Å². The Kier molecular flexibility index (Phi) is 3.78. The van der Waals surface area contributed by atoms with E-state index < -0.39 is 5.97 Å². The SMILES string of the molecule is CC(CCC(=O)O)NC(=O)c1ncn[nH]1. The van der Waals surface area contributed by atoms with Crippen molar-refractivity contribution in [1.82, 2.24) is 20.5 Å². The zero-order chi connectivity index (χ0) is 11.3. The Morgan fingerprint density at radius 2 is 2.40 bits per heavy atom. The highest BCUT2D eigenvalue weighted by Crippen LogP contribution is 1.97. The first-order valence-corrected chi connectivity index (χ1v) is 4.47. The van der Waals surface area contributed by atoms with Gasteiger partial charge >= 0.3 is 5.97 Å². The van der Waals surface area contributed by atoms with Crippen molar-refractivity contribution in [3.05, 3.63) is 12.2 Å². The number of H-pyrrole nitrogens is 1. The monoisotopic (exact) mass is 212 g/mol. The van der Waals surface area contributed by atoms with Gasteiger partial charge in [-0.25, -0.2) is 4.98 Å². The molecule has 15 heavy (non-hydrogen) atoms. The lowest BCUT2D eigenvalue weighted by Gasteiger charge is -2.10. The quantitative estimate of drug-likeness (QED) is 0.625. The van der Waals surface area contributed by atoms with Crippen LogP contribution >= 0.6 is 0 Å². The summed E-state index contributed by atoms with van der Waals surface area (Å²) in [5.41, 5.74) is 0. The molecular formula is C8H12N4O3. The molecular weight excluding hydrogens is 200 g/mol. The number of amides is 1. The zero-order valence-corrected chi connectivity index (χ0v) is 8.23. The van der Waals surface area contributed by atoms with Gasteiger partial charge in [-0.15, -0.1) is 0 Å². The smallest absolute Gasteiger partial charge is 0.303 e. The number of rotatable bonds is 5. The van der Waals surface area contributed by atoms with E-state index in [1.54, 1.807) is 6.92 Å². The van der Waals surface area contributed by atoms with Crippen LogP contribution in [0.25, 0.3) is 0 Å². The molecule has 0 aliphatic rings. The Balaban J connectivity index is 2.35. The Bertz CT molecular complexity index is 336. The second-order valence-electron chi connectivity index (χ2n) is 3.14. The molecule has 1 atom stereocenters. The predicted molar refractivity (Wildman–Crippen MR) is 50.2 cm³/mol. The maximum Gasteiger partial charge on any atom is 0.303 e. The Hall–Kier alpha value is -1.92. The van der Waals surface area contributed by atoms with Crippen LogP contribution in [0.3, 0.4) is 0 Å². The minimum absolute atomic E-state index is 0.0256. The van der Waals surface area contributed by atoms with Crippen LogP contribution < -0.4 is 5.32 Å². The van der Waals surface area contributed by atoms with Crippen molar-refractivity contribution in [1.29, 1.82) is 0 Å². The number of carbonyl (C=O) groups is 2. The normalized spacial score (nSPS) is 12.1. The lowest BCUT2D eigenvalue weighted by molar-refractivity contribution is -0.137. The number of nitrogens with zero attached hydrogens (tertiary/aromatic N) is 2. The summed E-state index contributed by atoms with van der Waals surface area (Å²) in [5.74, 6) is -1.14. The number of nitrogens with one attached hydrogen (secondary N) is 2. The van der Waals surface area contributed by atoms with Crippen LogP contribution in [0.5, 0.6) is 0 Å². The van der Waals surface area contributed by atoms with Gasteiger partial charge in [0.05, 0.1) is 0 Å². The summed E-state index contributed by atoms with van der Waals surface area (Å²) in [6.07, 6.45) is 1.64. The minimum atomic E-state index is -0.879. The molecule has 0 radical (unpaired) electrons. The van der Waals surface area contributed by atoms with Crippen LogP contribution in [0.2, 0.25) is 0 Å². The fourth-order valence-corrected chi connectivity index (χ4v) is 1.02. The van der Waals surface area contributed by atoms with Gasteiger partial charge < -0.3 is 10.4 Å². The molecule has 3 N–H and O–H groups in total. The number of aromatic nitrogens is 3. The van der Waals surface area contributed by atoms with E-state index in [-0.39, 0.29) is 24.2 Å². The second-order valence-corrected chi connectivity index (χ2v) is 3.14. The highest BCUT2D eigenvalue weighted by atomic mass is 16.4. The molecule has 1 rings (SSSR count). The highest BCUT2D eigenvalue weighted by Gasteiger charge is 2.12. The summed E-state index contributed by atoms with van der Waals surface area (Å²) in [6.45, 7) is 1.73. The molecule has 0 saturated heterocycles. The van der Waals surface area contributed by atoms with E-state index in [0.29, 0.717) is 6.42 Å². The highest BCUT2D eigenvalue weighted by molar-refractivity contribution is 5.90. The second kappa shape index (κ2) is 5.08. The average molecular weight is 212 g/mol. The lowest BCUT2D eigenvalue weighted by atomic mass is 10.2. The molecule has 0 aliphatic carbocycles. The fourth-order valence-electron chi connectivity index (χ4n) is 1.02. The van der Waals surface area contributed by atoms with Crippen molar-refractivity contribution in [2.45, 2.75) is 25.8 Å². The van der Waals surface area contributed by atoms with Gasteiger partial charge in [0.15, 0.2) is 0 Å². The zero-order valence-electron chi connectivity index (χ0n) is 8.23. The maximum absolute atomic E-state index is 11.4. The summed E-state index contributed by atoms with van der Waals surface area (Å²) < 4.78 is 0. The van der Waals surface area contributed by atoms with Gasteiger partial charge in [0.25, 0.3) is 5.91 Å². The van der Waals surface area contributed by atoms with E-state index in [1.807, 2.05) is 0 Å². The molecule has 0 fully saturated rings. The van der Waals surface area contributed by atoms with Crippen molar-refractivity contribution in [3.63, 3.8) is 0 Å². The first kappa shape index (κ1) is 11.2. The molecule has 7 nitrogen and oxygen atoms in total. The number of carbonyl (C=O) groups excluding carboxylic acids is 1. The fraction of sp³-hybridized carbons (Fsp3) is 0.500. The van der Waals surface area contributed by atoms with Gasteiger partial charge in [-0.05, 0) is 13.3 Å². The first-order valence-electron chi connectivity index (χ1n) is 4.47. The van der Waals surface area contributed by atoms with Crippen LogP contribution in [0.1, 0.15) is 30.4 Å². The molecule has 0 aliphatic heterocycles. The van der Waals surface area contributed by atoms with Crippen molar-refractivity contribution in [3.8, 4) is 0 Å². The summed E-state index contributed by atoms with van der Waals surface area (Å²) in [5, 5.41) is 17.0. The van der Waals surface area contributed by atoms with Crippen LogP contribution in [0.15, 0.2) is 6.33 Å². The van der Waals surface area contributed by atoms with Gasteiger partial charge in [0.2, 0.25) is 5.82 Å². The number of hydrogen-bond acceptors (Lipinski definition) is 4. The van der Waals surface area contributed by atoms with Gasteiger partial charge in [-0.2, -0.15) is 5.10 Å². The third kappa shape index (κ3) is 3.75. The Labute approximate surface area is 85.9 Å². The van der Waals surface area contributed by atoms with Gasteiger partial charge in [0.1, 0.15) is 6.33 Å². The van der Waals surface area contributed by atoms with Gasteiger partial charge in [-0.3, -0.25) is 14.7 Å². The number of aliphatic carboxylic acids is 1. The largest absolute Gasteiger partial charge is 0.481 e. The van der Waals surface area contributed by atoms with Crippen LogP contribution in [0.4, 0.5) is 0 Å².